The predicted molar refractivity (Wildman–Crippen MR) is 156 cm³/mol. The van der Waals surface area contributed by atoms with Gasteiger partial charge in [-0.05, 0) is 64.1 Å². The molecule has 48 heavy (non-hydrogen) atoms. The second-order valence-corrected chi connectivity index (χ2v) is 9.17. The van der Waals surface area contributed by atoms with Gasteiger partial charge in [0.25, 0.3) is 0 Å². The number of isocyanates is 1. The quantitative estimate of drug-likeness (QED) is 0.123. The van der Waals surface area contributed by atoms with Crippen LogP contribution in [0.5, 0.6) is 23.3 Å². The van der Waals surface area contributed by atoms with Crippen LogP contribution < -0.4 is 14.8 Å². The van der Waals surface area contributed by atoms with Gasteiger partial charge in [-0.3, -0.25) is 5.10 Å². The average Bonchev–Trinajstić information content (AvgIpc) is 3.61. The Morgan fingerprint density at radius 3 is 1.79 bits per heavy atom. The van der Waals surface area contributed by atoms with Crippen LogP contribution in [-0.2, 0) is 17.1 Å². The van der Waals surface area contributed by atoms with Crippen molar-refractivity contribution in [3.05, 3.63) is 82.2 Å². The molecule has 2 aromatic heterocycles. The van der Waals surface area contributed by atoms with Crippen molar-refractivity contribution in [2.45, 2.75) is 40.0 Å². The average molecular weight is 677 g/mol. The van der Waals surface area contributed by atoms with E-state index in [0.717, 1.165) is 22.9 Å². The number of aromatic nitrogens is 4. The molecule has 1 amide bonds. The van der Waals surface area contributed by atoms with Crippen molar-refractivity contribution < 1.29 is 45.4 Å². The van der Waals surface area contributed by atoms with Crippen molar-refractivity contribution in [1.82, 2.24) is 25.3 Å². The Morgan fingerprint density at radius 1 is 0.896 bits per heavy atom. The topological polar surface area (TPSA) is 171 Å². The molecular weight excluding hydrogens is 650 g/mol. The fourth-order valence-corrected chi connectivity index (χ4v) is 3.48. The van der Waals surface area contributed by atoms with Crippen LogP contribution in [0, 0.1) is 36.5 Å². The number of hydrogen-bond donors (Lipinski definition) is 2. The zero-order valence-corrected chi connectivity index (χ0v) is 25.6. The summed E-state index contributed by atoms with van der Waals surface area (Å²) in [5.74, 6) is -1.01. The van der Waals surface area contributed by atoms with Crippen LogP contribution in [0.4, 0.5) is 31.1 Å². The second kappa shape index (κ2) is 17.0. The minimum atomic E-state index is -4.70. The molecule has 0 aliphatic carbocycles. The number of benzene rings is 2. The van der Waals surface area contributed by atoms with Crippen LogP contribution in [0.3, 0.4) is 0 Å². The third kappa shape index (κ3) is 11.0. The first-order valence-corrected chi connectivity index (χ1v) is 13.6. The van der Waals surface area contributed by atoms with Crippen molar-refractivity contribution in [2.24, 2.45) is 4.99 Å². The van der Waals surface area contributed by atoms with Gasteiger partial charge >= 0.3 is 18.4 Å². The Labute approximate surface area is 269 Å². The van der Waals surface area contributed by atoms with E-state index in [2.05, 4.69) is 25.6 Å². The normalized spacial score (nSPS) is 10.5. The number of nitrogens with zero attached hydrogens (tertiary/aromatic N) is 6. The summed E-state index contributed by atoms with van der Waals surface area (Å²) in [5.41, 5.74) is -1.26. The Kier molecular flexibility index (Phi) is 13.5. The highest BCUT2D eigenvalue weighted by atomic mass is 19.4. The van der Waals surface area contributed by atoms with E-state index in [1.165, 1.54) is 30.3 Å². The molecule has 0 fully saturated rings. The molecule has 0 saturated carbocycles. The number of nitrogens with one attached hydrogen (secondary N) is 2. The summed E-state index contributed by atoms with van der Waals surface area (Å²) in [5, 5.41) is 30.0. The smallest absolute Gasteiger partial charge is 0.420 e. The molecule has 2 N–H and O–H groups in total. The lowest BCUT2D eigenvalue weighted by molar-refractivity contribution is -0.139. The van der Waals surface area contributed by atoms with Gasteiger partial charge in [-0.15, -0.1) is 10.2 Å². The van der Waals surface area contributed by atoms with Crippen LogP contribution in [0.2, 0.25) is 0 Å². The number of amides is 1. The van der Waals surface area contributed by atoms with Gasteiger partial charge < -0.3 is 14.8 Å². The van der Waals surface area contributed by atoms with E-state index < -0.39 is 41.0 Å². The molecule has 252 valence electrons. The van der Waals surface area contributed by atoms with Gasteiger partial charge in [0.2, 0.25) is 17.8 Å². The van der Waals surface area contributed by atoms with Crippen molar-refractivity contribution in [2.75, 3.05) is 13.1 Å². The summed E-state index contributed by atoms with van der Waals surface area (Å²) in [4.78, 5) is 24.0. The van der Waals surface area contributed by atoms with Crippen LogP contribution in [0.1, 0.15) is 47.5 Å². The fourth-order valence-electron chi connectivity index (χ4n) is 3.48. The Balaban J connectivity index is 0.000000298. The monoisotopic (exact) mass is 676 g/mol. The number of aliphatic imine (C=N–C) groups is 1. The minimum absolute atomic E-state index is 0.0349. The fraction of sp³-hybridized carbons (Fsp3) is 0.267. The van der Waals surface area contributed by atoms with Crippen LogP contribution >= 0.6 is 0 Å². The third-order valence-electron chi connectivity index (χ3n) is 5.55. The summed E-state index contributed by atoms with van der Waals surface area (Å²) < 4.78 is 89.1. The molecule has 12 nitrogen and oxygen atoms in total. The Bertz CT molecular complexity index is 1850. The molecule has 2 heterocycles. The highest BCUT2D eigenvalue weighted by Gasteiger charge is 2.36. The lowest BCUT2D eigenvalue weighted by Crippen LogP contribution is -2.29. The van der Waals surface area contributed by atoms with Crippen LogP contribution in [0.15, 0.2) is 53.5 Å². The van der Waals surface area contributed by atoms with E-state index in [1.54, 1.807) is 39.8 Å². The van der Waals surface area contributed by atoms with Gasteiger partial charge in [-0.1, -0.05) is 0 Å². The molecule has 0 aliphatic rings. The highest BCUT2D eigenvalue weighted by molar-refractivity contribution is 5.76. The van der Waals surface area contributed by atoms with Gasteiger partial charge in [-0.2, -0.15) is 41.5 Å². The number of hydrogen-bond acceptors (Lipinski definition) is 9. The van der Waals surface area contributed by atoms with E-state index in [1.807, 2.05) is 0 Å². The highest BCUT2D eigenvalue weighted by Crippen LogP contribution is 2.39. The number of aromatic amines is 1. The third-order valence-corrected chi connectivity index (χ3v) is 5.55. The Hall–Kier alpha value is -6.13. The number of aryl methyl sites for hydroxylation is 2. The number of H-pyrrole nitrogens is 1. The number of carbonyl (C=O) groups excluding carboxylic acids is 2. The second-order valence-electron chi connectivity index (χ2n) is 9.17. The van der Waals surface area contributed by atoms with Crippen molar-refractivity contribution in [1.29, 1.82) is 10.5 Å². The predicted octanol–water partition coefficient (Wildman–Crippen LogP) is 7.19. The molecule has 4 rings (SSSR count). The lowest BCUT2D eigenvalue weighted by atomic mass is 10.1. The first kappa shape index (κ1) is 38.1. The Morgan fingerprint density at radius 2 is 1.42 bits per heavy atom. The van der Waals surface area contributed by atoms with Gasteiger partial charge in [-0.25, -0.2) is 14.6 Å². The van der Waals surface area contributed by atoms with E-state index in [-0.39, 0.29) is 22.9 Å². The van der Waals surface area contributed by atoms with E-state index >= 15 is 0 Å². The molecule has 0 atom stereocenters. The van der Waals surface area contributed by atoms with Crippen molar-refractivity contribution in [3.8, 4) is 35.4 Å². The number of alkyl halides is 6. The maximum atomic E-state index is 13.1. The standard InChI is InChI=1S/C15H13F3N4O2.C12H8F3N3O.C3H5NO/c1-3-20-14(23)22-9(2)6-13(21-22)24-12-5-4-10(8-19)7-11(12)15(16,17)18;1-7-4-11(18-17-7)19-10-3-2-8(6-16)5-9(10)12(13,14)15;1-2-4-3-5/h4-7H,3H2,1-2H3,(H,20,23);2-5H,1H3,(H,17,18);2H2,1H3. The number of nitriles is 2. The summed E-state index contributed by atoms with van der Waals surface area (Å²) >= 11 is 0. The van der Waals surface area contributed by atoms with E-state index in [9.17, 15) is 31.1 Å². The molecule has 0 aliphatic heterocycles. The molecule has 4 aromatic rings. The van der Waals surface area contributed by atoms with Crippen molar-refractivity contribution in [3.63, 3.8) is 0 Å². The largest absolute Gasteiger partial charge is 0.437 e. The summed E-state index contributed by atoms with van der Waals surface area (Å²) in [7, 11) is 0. The number of ether oxygens (including phenoxy) is 2. The number of rotatable bonds is 6. The molecule has 0 spiro atoms. The number of halogens is 6. The minimum Gasteiger partial charge on any atom is -0.437 e. The molecular formula is C30H26F6N8O4. The maximum Gasteiger partial charge on any atom is 0.420 e. The first-order valence-electron chi connectivity index (χ1n) is 13.6. The summed E-state index contributed by atoms with van der Waals surface area (Å²) in [6.45, 7) is 7.69. The lowest BCUT2D eigenvalue weighted by Gasteiger charge is -2.12. The molecule has 0 bridgehead atoms. The maximum absolute atomic E-state index is 13.1. The van der Waals surface area contributed by atoms with Crippen molar-refractivity contribution >= 4 is 12.1 Å². The van der Waals surface area contributed by atoms with Gasteiger partial charge in [0.15, 0.2) is 0 Å². The molecule has 2 aromatic carbocycles. The van der Waals surface area contributed by atoms with Gasteiger partial charge in [0.1, 0.15) is 11.5 Å². The van der Waals surface area contributed by atoms with Crippen LogP contribution in [0.25, 0.3) is 0 Å². The summed E-state index contributed by atoms with van der Waals surface area (Å²) in [6.07, 6.45) is -7.91. The SMILES string of the molecule is CCN=C=O.CCNC(=O)n1nc(Oc2ccc(C#N)cc2C(F)(F)F)cc1C.Cc1cc(Oc2ccc(C#N)cc2C(F)(F)F)n[nH]1. The van der Waals surface area contributed by atoms with Gasteiger partial charge in [0, 0.05) is 30.9 Å². The van der Waals surface area contributed by atoms with Crippen LogP contribution in [-0.4, -0.2) is 45.2 Å². The van der Waals surface area contributed by atoms with E-state index in [0.29, 0.717) is 30.5 Å². The molecule has 0 radical (unpaired) electrons. The molecule has 0 saturated heterocycles. The number of carbonyl (C=O) groups is 1. The van der Waals surface area contributed by atoms with Gasteiger partial charge in [0.05, 0.1) is 40.1 Å². The first-order chi connectivity index (χ1) is 22.6. The van der Waals surface area contributed by atoms with E-state index in [4.69, 9.17) is 24.8 Å². The molecule has 18 heteroatoms. The molecule has 0 unspecified atom stereocenters. The summed E-state index contributed by atoms with van der Waals surface area (Å²) in [6, 6.07) is 11.6. The zero-order chi connectivity index (χ0) is 36.1. The zero-order valence-electron chi connectivity index (χ0n) is 25.6.